The summed E-state index contributed by atoms with van der Waals surface area (Å²) in [5.41, 5.74) is 5.25. The third kappa shape index (κ3) is 6.45. The molecule has 1 aliphatic rings. The zero-order valence-electron chi connectivity index (χ0n) is 18.4. The van der Waals surface area contributed by atoms with Gasteiger partial charge in [0, 0.05) is 30.8 Å². The van der Waals surface area contributed by atoms with E-state index in [4.69, 9.17) is 5.73 Å². The van der Waals surface area contributed by atoms with Crippen LogP contribution in [0.1, 0.15) is 63.5 Å². The van der Waals surface area contributed by atoms with Gasteiger partial charge in [-0.15, -0.1) is 0 Å². The first-order valence-electron chi connectivity index (χ1n) is 10.9. The summed E-state index contributed by atoms with van der Waals surface area (Å²) in [6.45, 7) is 6.20. The van der Waals surface area contributed by atoms with Crippen LogP contribution in [0.15, 0.2) is 24.3 Å². The van der Waals surface area contributed by atoms with Crippen LogP contribution in [0, 0.1) is 17.8 Å². The number of carbonyl (C=O) groups is 2. The second-order valence-electron chi connectivity index (χ2n) is 8.90. The molecule has 5 nitrogen and oxygen atoms in total. The van der Waals surface area contributed by atoms with E-state index < -0.39 is 41.5 Å². The summed E-state index contributed by atoms with van der Waals surface area (Å²) >= 11 is 0. The molecule has 1 heterocycles. The normalized spacial score (nSPS) is 21.7. The Morgan fingerprint density at radius 1 is 1.26 bits per heavy atom. The van der Waals surface area contributed by atoms with Gasteiger partial charge in [0.25, 0.3) is 0 Å². The monoisotopic (exact) mass is 442 g/mol. The molecule has 0 bridgehead atoms. The molecule has 0 aromatic heterocycles. The van der Waals surface area contributed by atoms with E-state index in [-0.39, 0.29) is 18.4 Å². The number of β-amino-alcohol motifs (C(OH)–C–C–N with tert-alkyl or cyclic N) is 1. The molecular weight excluding hydrogens is 409 g/mol. The molecule has 31 heavy (non-hydrogen) atoms. The van der Waals surface area contributed by atoms with Gasteiger partial charge in [0.15, 0.2) is 0 Å². The smallest absolute Gasteiger partial charge is 0.391 e. The molecule has 0 radical (unpaired) electrons. The zero-order chi connectivity index (χ0) is 23.3. The SMILES string of the molecule is CCC[C@H](C(N)=O)[C@@H](CC(C)C)C(=O)N1CCC(c2cccc(C(F)(F)F)c2)C(O)C1. The number of piperidine rings is 1. The van der Waals surface area contributed by atoms with E-state index in [9.17, 15) is 27.9 Å². The second kappa shape index (κ2) is 10.5. The lowest BCUT2D eigenvalue weighted by molar-refractivity contribution is -0.145. The molecule has 3 N–H and O–H groups in total. The Balaban J connectivity index is 2.17. The van der Waals surface area contributed by atoms with Gasteiger partial charge in [-0.05, 0) is 36.8 Å². The molecule has 1 aromatic rings. The highest BCUT2D eigenvalue weighted by Crippen LogP contribution is 2.35. The van der Waals surface area contributed by atoms with E-state index in [1.165, 1.54) is 11.0 Å². The number of amides is 2. The van der Waals surface area contributed by atoms with Crippen LogP contribution < -0.4 is 5.73 Å². The maximum Gasteiger partial charge on any atom is 0.416 e. The highest BCUT2D eigenvalue weighted by molar-refractivity contribution is 5.87. The molecule has 1 aliphatic heterocycles. The maximum absolute atomic E-state index is 13.3. The minimum atomic E-state index is -4.45. The first-order chi connectivity index (χ1) is 14.5. The van der Waals surface area contributed by atoms with Crippen LogP contribution in [-0.2, 0) is 15.8 Å². The van der Waals surface area contributed by atoms with Crippen LogP contribution in [0.5, 0.6) is 0 Å². The lowest BCUT2D eigenvalue weighted by Gasteiger charge is -2.39. The number of primary amides is 1. The first-order valence-corrected chi connectivity index (χ1v) is 10.9. The fourth-order valence-corrected chi connectivity index (χ4v) is 4.50. The first kappa shape index (κ1) is 25.2. The van der Waals surface area contributed by atoms with Crippen molar-refractivity contribution in [1.82, 2.24) is 4.90 Å². The summed E-state index contributed by atoms with van der Waals surface area (Å²) < 4.78 is 39.1. The van der Waals surface area contributed by atoms with Crippen molar-refractivity contribution in [2.75, 3.05) is 13.1 Å². The molecule has 0 spiro atoms. The van der Waals surface area contributed by atoms with Crippen molar-refractivity contribution in [3.8, 4) is 0 Å². The topological polar surface area (TPSA) is 83.6 Å². The lowest BCUT2D eigenvalue weighted by Crippen LogP contribution is -2.50. The standard InChI is InChI=1S/C23H33F3N2O3/c1-4-6-18(21(27)30)19(11-14(2)3)22(31)28-10-9-17(20(29)13-28)15-7-5-8-16(12-15)23(24,25)26/h5,7-8,12,14,17-20,29H,4,6,9-11,13H2,1-3H3,(H2,27,30)/t17?,18-,19+,20?/m0/s1. The quantitative estimate of drug-likeness (QED) is 0.640. The highest BCUT2D eigenvalue weighted by Gasteiger charge is 2.39. The Morgan fingerprint density at radius 2 is 1.94 bits per heavy atom. The van der Waals surface area contributed by atoms with Crippen LogP contribution in [-0.4, -0.2) is 41.0 Å². The number of halogens is 3. The third-order valence-corrected chi connectivity index (χ3v) is 6.03. The van der Waals surface area contributed by atoms with Crippen LogP contribution in [0.3, 0.4) is 0 Å². The molecule has 174 valence electrons. The number of nitrogens with two attached hydrogens (primary N) is 1. The number of rotatable bonds is 8. The van der Waals surface area contributed by atoms with Crippen molar-refractivity contribution < 1.29 is 27.9 Å². The van der Waals surface area contributed by atoms with Crippen LogP contribution >= 0.6 is 0 Å². The van der Waals surface area contributed by atoms with Crippen LogP contribution in [0.25, 0.3) is 0 Å². The van der Waals surface area contributed by atoms with Gasteiger partial charge in [0.05, 0.1) is 11.7 Å². The molecule has 1 saturated heterocycles. The molecule has 1 fully saturated rings. The van der Waals surface area contributed by atoms with E-state index in [1.807, 2.05) is 20.8 Å². The summed E-state index contributed by atoms with van der Waals surface area (Å²) in [6.07, 6.45) is -3.35. The molecule has 0 saturated carbocycles. The number of hydrogen-bond donors (Lipinski definition) is 2. The van der Waals surface area contributed by atoms with Crippen molar-refractivity contribution in [3.63, 3.8) is 0 Å². The van der Waals surface area contributed by atoms with Gasteiger partial charge < -0.3 is 15.7 Å². The van der Waals surface area contributed by atoms with Gasteiger partial charge in [-0.1, -0.05) is 45.4 Å². The van der Waals surface area contributed by atoms with Crippen molar-refractivity contribution in [1.29, 1.82) is 0 Å². The lowest BCUT2D eigenvalue weighted by atomic mass is 9.80. The Morgan fingerprint density at radius 3 is 2.45 bits per heavy atom. The Kier molecular flexibility index (Phi) is 8.51. The molecule has 2 unspecified atom stereocenters. The van der Waals surface area contributed by atoms with Crippen LogP contribution in [0.2, 0.25) is 0 Å². The molecule has 0 aliphatic carbocycles. The van der Waals surface area contributed by atoms with Gasteiger partial charge in [-0.3, -0.25) is 9.59 Å². The van der Waals surface area contributed by atoms with Crippen molar-refractivity contribution in [3.05, 3.63) is 35.4 Å². The number of aliphatic hydroxyl groups excluding tert-OH is 1. The fourth-order valence-electron chi connectivity index (χ4n) is 4.50. The van der Waals surface area contributed by atoms with Gasteiger partial charge in [-0.25, -0.2) is 0 Å². The van der Waals surface area contributed by atoms with Crippen LogP contribution in [0.4, 0.5) is 13.2 Å². The van der Waals surface area contributed by atoms with Crippen molar-refractivity contribution >= 4 is 11.8 Å². The summed E-state index contributed by atoms with van der Waals surface area (Å²) in [7, 11) is 0. The number of benzene rings is 1. The van der Waals surface area contributed by atoms with E-state index >= 15 is 0 Å². The Labute approximate surface area is 181 Å². The number of aliphatic hydroxyl groups is 1. The highest BCUT2D eigenvalue weighted by atomic mass is 19.4. The predicted octanol–water partition coefficient (Wildman–Crippen LogP) is 3.95. The second-order valence-corrected chi connectivity index (χ2v) is 8.90. The molecule has 1 aromatic carbocycles. The maximum atomic E-state index is 13.3. The Bertz CT molecular complexity index is 767. The van der Waals surface area contributed by atoms with Crippen molar-refractivity contribution in [2.45, 2.75) is 64.7 Å². The predicted molar refractivity (Wildman–Crippen MR) is 112 cm³/mol. The van der Waals surface area contributed by atoms with Gasteiger partial charge >= 0.3 is 6.18 Å². The summed E-state index contributed by atoms with van der Waals surface area (Å²) in [4.78, 5) is 26.8. The average Bonchev–Trinajstić information content (AvgIpc) is 2.69. The molecule has 8 heteroatoms. The average molecular weight is 443 g/mol. The molecule has 4 atom stereocenters. The molecule has 2 amide bonds. The fraction of sp³-hybridized carbons (Fsp3) is 0.652. The zero-order valence-corrected chi connectivity index (χ0v) is 18.4. The number of likely N-dealkylation sites (tertiary alicyclic amines) is 1. The van der Waals surface area contributed by atoms with E-state index in [1.54, 1.807) is 6.07 Å². The van der Waals surface area contributed by atoms with E-state index in [0.29, 0.717) is 31.4 Å². The summed E-state index contributed by atoms with van der Waals surface area (Å²) in [5, 5.41) is 10.7. The third-order valence-electron chi connectivity index (χ3n) is 6.03. The largest absolute Gasteiger partial charge is 0.416 e. The number of alkyl halides is 3. The Hall–Kier alpha value is -2.09. The number of carbonyl (C=O) groups excluding carboxylic acids is 2. The van der Waals surface area contributed by atoms with Gasteiger partial charge in [-0.2, -0.15) is 13.2 Å². The van der Waals surface area contributed by atoms with Gasteiger partial charge in [0.1, 0.15) is 0 Å². The number of nitrogens with zero attached hydrogens (tertiary/aromatic N) is 1. The van der Waals surface area contributed by atoms with Crippen molar-refractivity contribution in [2.24, 2.45) is 23.5 Å². The molecular formula is C23H33F3N2O3. The van der Waals surface area contributed by atoms with E-state index in [2.05, 4.69) is 0 Å². The van der Waals surface area contributed by atoms with Gasteiger partial charge in [0.2, 0.25) is 11.8 Å². The minimum Gasteiger partial charge on any atom is -0.391 e. The minimum absolute atomic E-state index is 0.0198. The molecule has 2 rings (SSSR count). The summed E-state index contributed by atoms with van der Waals surface area (Å²) in [6, 6.07) is 4.98. The number of hydrogen-bond acceptors (Lipinski definition) is 3. The summed E-state index contributed by atoms with van der Waals surface area (Å²) in [5.74, 6) is -2.15. The van der Waals surface area contributed by atoms with E-state index in [0.717, 1.165) is 18.6 Å².